The largest absolute Gasteiger partial charge is 0.343 e. The van der Waals surface area contributed by atoms with E-state index in [2.05, 4.69) is 55.2 Å². The molecule has 0 amide bonds. The summed E-state index contributed by atoms with van der Waals surface area (Å²) in [5, 5.41) is 0. The summed E-state index contributed by atoms with van der Waals surface area (Å²) in [4.78, 5) is 4.01. The summed E-state index contributed by atoms with van der Waals surface area (Å²) in [7, 11) is 0. The monoisotopic (exact) mass is 295 g/mol. The molecule has 1 aliphatic rings. The SMILES string of the molecule is CCC1OC(c2ccc(/C=C/c3ccncc3)cc2)OC1C. The van der Waals surface area contributed by atoms with Crippen LogP contribution in [-0.4, -0.2) is 17.2 Å². The van der Waals surface area contributed by atoms with E-state index in [9.17, 15) is 0 Å². The molecule has 3 atom stereocenters. The lowest BCUT2D eigenvalue weighted by atomic mass is 10.1. The lowest BCUT2D eigenvalue weighted by Gasteiger charge is -2.10. The molecule has 3 rings (SSSR count). The van der Waals surface area contributed by atoms with Crippen molar-refractivity contribution in [2.24, 2.45) is 0 Å². The maximum absolute atomic E-state index is 5.93. The Morgan fingerprint density at radius 3 is 2.18 bits per heavy atom. The lowest BCUT2D eigenvalue weighted by molar-refractivity contribution is -0.0674. The van der Waals surface area contributed by atoms with E-state index in [1.165, 1.54) is 0 Å². The van der Waals surface area contributed by atoms with Gasteiger partial charge in [0.2, 0.25) is 0 Å². The third-order valence-electron chi connectivity index (χ3n) is 3.95. The number of hydrogen-bond donors (Lipinski definition) is 0. The zero-order valence-corrected chi connectivity index (χ0v) is 13.0. The highest BCUT2D eigenvalue weighted by Crippen LogP contribution is 2.32. The van der Waals surface area contributed by atoms with Gasteiger partial charge in [0.25, 0.3) is 0 Å². The molecule has 0 aliphatic carbocycles. The summed E-state index contributed by atoms with van der Waals surface area (Å²) >= 11 is 0. The van der Waals surface area contributed by atoms with Crippen LogP contribution < -0.4 is 0 Å². The van der Waals surface area contributed by atoms with Crippen LogP contribution >= 0.6 is 0 Å². The lowest BCUT2D eigenvalue weighted by Crippen LogP contribution is -2.17. The number of pyridine rings is 1. The molecule has 2 heterocycles. The first kappa shape index (κ1) is 14.9. The van der Waals surface area contributed by atoms with E-state index in [4.69, 9.17) is 9.47 Å². The van der Waals surface area contributed by atoms with Crippen LogP contribution in [0, 0.1) is 0 Å². The first-order valence-corrected chi connectivity index (χ1v) is 7.75. The van der Waals surface area contributed by atoms with E-state index in [1.807, 2.05) is 12.1 Å². The Kier molecular flexibility index (Phi) is 4.66. The molecule has 1 aromatic carbocycles. The van der Waals surface area contributed by atoms with Crippen molar-refractivity contribution >= 4 is 12.2 Å². The van der Waals surface area contributed by atoms with Gasteiger partial charge >= 0.3 is 0 Å². The van der Waals surface area contributed by atoms with E-state index < -0.39 is 0 Å². The third-order valence-corrected chi connectivity index (χ3v) is 3.95. The maximum atomic E-state index is 5.93. The minimum Gasteiger partial charge on any atom is -0.343 e. The van der Waals surface area contributed by atoms with Gasteiger partial charge in [0.1, 0.15) is 0 Å². The Labute approximate surface area is 131 Å². The van der Waals surface area contributed by atoms with Crippen molar-refractivity contribution in [2.75, 3.05) is 0 Å². The van der Waals surface area contributed by atoms with Crippen molar-refractivity contribution < 1.29 is 9.47 Å². The second-order valence-electron chi connectivity index (χ2n) is 5.54. The van der Waals surface area contributed by atoms with Gasteiger partial charge in [-0.1, -0.05) is 43.3 Å². The molecular formula is C19H21NO2. The van der Waals surface area contributed by atoms with Crippen molar-refractivity contribution in [3.05, 3.63) is 65.5 Å². The highest BCUT2D eigenvalue weighted by atomic mass is 16.7. The summed E-state index contributed by atoms with van der Waals surface area (Å²) in [5.41, 5.74) is 3.36. The Morgan fingerprint density at radius 1 is 0.955 bits per heavy atom. The molecule has 114 valence electrons. The standard InChI is InChI=1S/C19H21NO2/c1-3-18-14(2)21-19(22-18)17-8-6-15(7-9-17)4-5-16-10-12-20-13-11-16/h4-14,18-19H,3H2,1-2H3/b5-4+. The topological polar surface area (TPSA) is 31.4 Å². The second kappa shape index (κ2) is 6.86. The molecule has 1 fully saturated rings. The summed E-state index contributed by atoms with van der Waals surface area (Å²) in [5.74, 6) is 0. The van der Waals surface area contributed by atoms with E-state index in [-0.39, 0.29) is 18.5 Å². The molecular weight excluding hydrogens is 274 g/mol. The van der Waals surface area contributed by atoms with Crippen LogP contribution in [0.1, 0.15) is 43.2 Å². The van der Waals surface area contributed by atoms with E-state index in [0.717, 1.165) is 23.1 Å². The molecule has 2 aromatic rings. The van der Waals surface area contributed by atoms with Crippen molar-refractivity contribution in [3.8, 4) is 0 Å². The number of rotatable bonds is 4. The molecule has 0 N–H and O–H groups in total. The van der Waals surface area contributed by atoms with Gasteiger partial charge in [0.15, 0.2) is 6.29 Å². The molecule has 3 nitrogen and oxygen atoms in total. The molecule has 1 aliphatic heterocycles. The Hall–Kier alpha value is -1.97. The van der Waals surface area contributed by atoms with Crippen LogP contribution in [0.5, 0.6) is 0 Å². The predicted octanol–water partition coefficient (Wildman–Crippen LogP) is 4.46. The van der Waals surface area contributed by atoms with Crippen molar-refractivity contribution in [1.82, 2.24) is 4.98 Å². The van der Waals surface area contributed by atoms with Crippen LogP contribution in [-0.2, 0) is 9.47 Å². The predicted molar refractivity (Wildman–Crippen MR) is 88.1 cm³/mol. The number of nitrogens with zero attached hydrogens (tertiary/aromatic N) is 1. The third kappa shape index (κ3) is 3.43. The number of hydrogen-bond acceptors (Lipinski definition) is 3. The Morgan fingerprint density at radius 2 is 1.59 bits per heavy atom. The van der Waals surface area contributed by atoms with Crippen LogP contribution in [0.4, 0.5) is 0 Å². The van der Waals surface area contributed by atoms with Crippen LogP contribution in [0.25, 0.3) is 12.2 Å². The fourth-order valence-corrected chi connectivity index (χ4v) is 2.60. The number of aromatic nitrogens is 1. The molecule has 0 bridgehead atoms. The highest BCUT2D eigenvalue weighted by Gasteiger charge is 2.32. The number of benzene rings is 1. The second-order valence-corrected chi connectivity index (χ2v) is 5.54. The summed E-state index contributed by atoms with van der Waals surface area (Å²) in [6, 6.07) is 12.3. The van der Waals surface area contributed by atoms with E-state index >= 15 is 0 Å². The summed E-state index contributed by atoms with van der Waals surface area (Å²) in [6.07, 6.45) is 8.84. The summed E-state index contributed by atoms with van der Waals surface area (Å²) < 4.78 is 11.8. The average Bonchev–Trinajstić information content (AvgIpc) is 2.95. The van der Waals surface area contributed by atoms with Gasteiger partial charge in [-0.3, -0.25) is 4.98 Å². The van der Waals surface area contributed by atoms with Crippen LogP contribution in [0.15, 0.2) is 48.8 Å². The van der Waals surface area contributed by atoms with Crippen LogP contribution in [0.2, 0.25) is 0 Å². The first-order valence-electron chi connectivity index (χ1n) is 7.75. The fourth-order valence-electron chi connectivity index (χ4n) is 2.60. The molecule has 1 saturated heterocycles. The number of ether oxygens (including phenoxy) is 2. The molecule has 0 saturated carbocycles. The highest BCUT2D eigenvalue weighted by molar-refractivity contribution is 5.69. The van der Waals surface area contributed by atoms with Crippen molar-refractivity contribution in [1.29, 1.82) is 0 Å². The van der Waals surface area contributed by atoms with Crippen molar-refractivity contribution in [3.63, 3.8) is 0 Å². The van der Waals surface area contributed by atoms with E-state index in [1.54, 1.807) is 12.4 Å². The van der Waals surface area contributed by atoms with Gasteiger partial charge in [0.05, 0.1) is 12.2 Å². The molecule has 0 radical (unpaired) electrons. The van der Waals surface area contributed by atoms with Gasteiger partial charge in [-0.2, -0.15) is 0 Å². The average molecular weight is 295 g/mol. The minimum atomic E-state index is -0.238. The normalized spacial score (nSPS) is 24.9. The Bertz CT molecular complexity index is 622. The molecule has 3 heteroatoms. The fraction of sp³-hybridized carbons (Fsp3) is 0.316. The van der Waals surface area contributed by atoms with Crippen molar-refractivity contribution in [2.45, 2.75) is 38.8 Å². The minimum absolute atomic E-state index is 0.154. The van der Waals surface area contributed by atoms with Gasteiger partial charge < -0.3 is 9.47 Å². The van der Waals surface area contributed by atoms with E-state index in [0.29, 0.717) is 0 Å². The molecule has 1 aromatic heterocycles. The zero-order chi connectivity index (χ0) is 15.4. The van der Waals surface area contributed by atoms with Gasteiger partial charge in [-0.15, -0.1) is 0 Å². The Balaban J connectivity index is 1.67. The van der Waals surface area contributed by atoms with Gasteiger partial charge in [0, 0.05) is 18.0 Å². The molecule has 22 heavy (non-hydrogen) atoms. The quantitative estimate of drug-likeness (QED) is 0.834. The summed E-state index contributed by atoms with van der Waals surface area (Å²) in [6.45, 7) is 4.19. The maximum Gasteiger partial charge on any atom is 0.184 e. The van der Waals surface area contributed by atoms with Gasteiger partial charge in [-0.05, 0) is 36.6 Å². The van der Waals surface area contributed by atoms with Gasteiger partial charge in [-0.25, -0.2) is 0 Å². The molecule has 3 unspecified atom stereocenters. The molecule has 0 spiro atoms. The smallest absolute Gasteiger partial charge is 0.184 e. The first-order chi connectivity index (χ1) is 10.8. The van der Waals surface area contributed by atoms with Crippen LogP contribution in [0.3, 0.4) is 0 Å². The zero-order valence-electron chi connectivity index (χ0n) is 13.0.